The average Bonchev–Trinajstić information content (AvgIpc) is 2.92. The predicted molar refractivity (Wildman–Crippen MR) is 59.1 cm³/mol. The van der Waals surface area contributed by atoms with Crippen LogP contribution in [0.3, 0.4) is 0 Å². The summed E-state index contributed by atoms with van der Waals surface area (Å²) >= 11 is 0. The smallest absolute Gasteiger partial charge is 0.343 e. The van der Waals surface area contributed by atoms with Crippen molar-refractivity contribution >= 4 is 0 Å². The van der Waals surface area contributed by atoms with E-state index in [1.807, 2.05) is 0 Å². The summed E-state index contributed by atoms with van der Waals surface area (Å²) < 4.78 is 41.7. The average molecular weight is 276 g/mol. The summed E-state index contributed by atoms with van der Waals surface area (Å²) in [7, 11) is 0. The van der Waals surface area contributed by atoms with Crippen molar-refractivity contribution in [3.63, 3.8) is 0 Å². The van der Waals surface area contributed by atoms with Gasteiger partial charge < -0.3 is 4.52 Å². The van der Waals surface area contributed by atoms with Crippen LogP contribution in [0.1, 0.15) is 5.82 Å². The van der Waals surface area contributed by atoms with Gasteiger partial charge in [-0.2, -0.15) is 18.2 Å². The van der Waals surface area contributed by atoms with Crippen LogP contribution in [0.25, 0.3) is 0 Å². The minimum absolute atomic E-state index is 0.328. The zero-order chi connectivity index (χ0) is 13.5. The molecular weight excluding hydrogens is 261 g/mol. The lowest BCUT2D eigenvalue weighted by atomic mass is 10.0. The molecule has 2 aliphatic heterocycles. The van der Waals surface area contributed by atoms with Crippen molar-refractivity contribution in [3.05, 3.63) is 12.2 Å². The van der Waals surface area contributed by atoms with E-state index in [0.29, 0.717) is 37.3 Å². The lowest BCUT2D eigenvalue weighted by Gasteiger charge is -2.21. The van der Waals surface area contributed by atoms with E-state index in [1.165, 1.54) is 11.3 Å². The normalized spacial score (nSPS) is 29.0. The van der Waals surface area contributed by atoms with Crippen molar-refractivity contribution in [1.29, 1.82) is 0 Å². The summed E-state index contributed by atoms with van der Waals surface area (Å²) in [6.07, 6.45) is -2.81. The van der Waals surface area contributed by atoms with E-state index in [1.54, 1.807) is 0 Å². The maximum atomic E-state index is 12.3. The first kappa shape index (κ1) is 12.9. The second-order valence-electron chi connectivity index (χ2n) is 5.37. The number of aromatic nitrogens is 2. The van der Waals surface area contributed by atoms with Crippen molar-refractivity contribution in [3.8, 4) is 0 Å². The molecule has 8 heteroatoms. The molecule has 1 aromatic heterocycles. The van der Waals surface area contributed by atoms with Crippen LogP contribution in [-0.4, -0.2) is 58.8 Å². The lowest BCUT2D eigenvalue weighted by molar-refractivity contribution is -0.144. The van der Waals surface area contributed by atoms with Gasteiger partial charge in [-0.25, -0.2) is 0 Å². The maximum Gasteiger partial charge on any atom is 0.401 e. The maximum absolute atomic E-state index is 12.3. The summed E-state index contributed by atoms with van der Waals surface area (Å²) in [5, 5.41) is 3.75. The fraction of sp³-hybridized carbons (Fsp3) is 0.818. The molecule has 0 spiro atoms. The number of hydrogen-bond acceptors (Lipinski definition) is 5. The number of halogens is 3. The molecule has 0 aliphatic carbocycles. The standard InChI is InChI=1S/C11H15F3N4O/c12-11(13,14)6-18-3-8-1-17(2-9(8)4-18)5-10-15-7-19-16-10/h7-9H,1-6H2. The molecule has 0 radical (unpaired) electrons. The first-order valence-electron chi connectivity index (χ1n) is 6.26. The second kappa shape index (κ2) is 4.75. The summed E-state index contributed by atoms with van der Waals surface area (Å²) in [5.74, 6) is 1.29. The number of rotatable bonds is 3. The molecule has 2 unspecified atom stereocenters. The third-order valence-electron chi connectivity index (χ3n) is 3.81. The van der Waals surface area contributed by atoms with E-state index < -0.39 is 12.7 Å². The third-order valence-corrected chi connectivity index (χ3v) is 3.81. The minimum atomic E-state index is -4.09. The highest BCUT2D eigenvalue weighted by Crippen LogP contribution is 2.33. The summed E-state index contributed by atoms with van der Waals surface area (Å²) in [4.78, 5) is 7.66. The van der Waals surface area contributed by atoms with Crippen molar-refractivity contribution < 1.29 is 17.7 Å². The van der Waals surface area contributed by atoms with E-state index in [0.717, 1.165) is 13.1 Å². The molecule has 2 saturated heterocycles. The molecule has 106 valence electrons. The quantitative estimate of drug-likeness (QED) is 0.824. The molecule has 19 heavy (non-hydrogen) atoms. The molecule has 1 aromatic rings. The van der Waals surface area contributed by atoms with E-state index in [4.69, 9.17) is 0 Å². The third kappa shape index (κ3) is 3.06. The zero-order valence-electron chi connectivity index (χ0n) is 10.3. The largest absolute Gasteiger partial charge is 0.401 e. The lowest BCUT2D eigenvalue weighted by Crippen LogP contribution is -2.35. The monoisotopic (exact) mass is 276 g/mol. The Labute approximate surface area is 108 Å². The molecule has 2 atom stereocenters. The van der Waals surface area contributed by atoms with Gasteiger partial charge in [-0.05, 0) is 11.8 Å². The zero-order valence-corrected chi connectivity index (χ0v) is 10.3. The number of nitrogens with zero attached hydrogens (tertiary/aromatic N) is 4. The Balaban J connectivity index is 1.50. The predicted octanol–water partition coefficient (Wildman–Crippen LogP) is 0.995. The van der Waals surface area contributed by atoms with Gasteiger partial charge in [0.1, 0.15) is 0 Å². The first-order valence-corrected chi connectivity index (χ1v) is 6.26. The molecule has 0 saturated carbocycles. The van der Waals surface area contributed by atoms with Gasteiger partial charge >= 0.3 is 6.18 Å². The van der Waals surface area contributed by atoms with Crippen LogP contribution in [-0.2, 0) is 6.54 Å². The summed E-state index contributed by atoms with van der Waals surface area (Å²) in [6, 6.07) is 0. The van der Waals surface area contributed by atoms with E-state index >= 15 is 0 Å². The van der Waals surface area contributed by atoms with Gasteiger partial charge in [0.15, 0.2) is 5.82 Å². The second-order valence-corrected chi connectivity index (χ2v) is 5.37. The topological polar surface area (TPSA) is 45.4 Å². The van der Waals surface area contributed by atoms with Gasteiger partial charge in [-0.15, -0.1) is 0 Å². The highest BCUT2D eigenvalue weighted by atomic mass is 19.4. The van der Waals surface area contributed by atoms with Crippen LogP contribution in [0.2, 0.25) is 0 Å². The first-order chi connectivity index (χ1) is 8.99. The number of likely N-dealkylation sites (tertiary alicyclic amines) is 2. The highest BCUT2D eigenvalue weighted by Gasteiger charge is 2.43. The molecular formula is C11H15F3N4O. The van der Waals surface area contributed by atoms with E-state index in [2.05, 4.69) is 19.6 Å². The molecule has 2 fully saturated rings. The van der Waals surface area contributed by atoms with E-state index in [-0.39, 0.29) is 0 Å². The van der Waals surface area contributed by atoms with Crippen LogP contribution in [0.5, 0.6) is 0 Å². The molecule has 5 nitrogen and oxygen atoms in total. The van der Waals surface area contributed by atoms with Crippen molar-refractivity contribution in [2.75, 3.05) is 32.7 Å². The summed E-state index contributed by atoms with van der Waals surface area (Å²) in [6.45, 7) is 2.52. The number of alkyl halides is 3. The molecule has 3 heterocycles. The van der Waals surface area contributed by atoms with Crippen LogP contribution >= 0.6 is 0 Å². The van der Waals surface area contributed by atoms with Crippen LogP contribution < -0.4 is 0 Å². The molecule has 0 N–H and O–H groups in total. The fourth-order valence-corrected chi connectivity index (χ4v) is 3.16. The highest BCUT2D eigenvalue weighted by molar-refractivity contribution is 4.94. The molecule has 0 bridgehead atoms. The Morgan fingerprint density at radius 2 is 1.79 bits per heavy atom. The SMILES string of the molecule is FC(F)(F)CN1CC2CN(Cc3ncon3)CC2C1. The van der Waals surface area contributed by atoms with Crippen molar-refractivity contribution in [2.24, 2.45) is 11.8 Å². The molecule has 0 amide bonds. The van der Waals surface area contributed by atoms with Gasteiger partial charge in [0.05, 0.1) is 13.1 Å². The molecule has 0 aromatic carbocycles. The Morgan fingerprint density at radius 1 is 1.16 bits per heavy atom. The van der Waals surface area contributed by atoms with Gasteiger partial charge in [-0.3, -0.25) is 9.80 Å². The van der Waals surface area contributed by atoms with E-state index in [9.17, 15) is 13.2 Å². The van der Waals surface area contributed by atoms with Gasteiger partial charge in [-0.1, -0.05) is 5.16 Å². The Morgan fingerprint density at radius 3 is 2.32 bits per heavy atom. The fourth-order valence-electron chi connectivity index (χ4n) is 3.16. The minimum Gasteiger partial charge on any atom is -0.343 e. The van der Waals surface area contributed by atoms with Gasteiger partial charge in [0, 0.05) is 26.2 Å². The Kier molecular flexibility index (Phi) is 3.22. The molecule has 3 rings (SSSR count). The van der Waals surface area contributed by atoms with Crippen LogP contribution in [0.4, 0.5) is 13.2 Å². The van der Waals surface area contributed by atoms with Gasteiger partial charge in [0.25, 0.3) is 0 Å². The van der Waals surface area contributed by atoms with Crippen molar-refractivity contribution in [1.82, 2.24) is 19.9 Å². The Bertz CT molecular complexity index is 408. The van der Waals surface area contributed by atoms with Gasteiger partial charge in [0.2, 0.25) is 6.39 Å². The van der Waals surface area contributed by atoms with Crippen molar-refractivity contribution in [2.45, 2.75) is 12.7 Å². The number of fused-ring (bicyclic) bond motifs is 1. The van der Waals surface area contributed by atoms with Crippen LogP contribution in [0.15, 0.2) is 10.9 Å². The summed E-state index contributed by atoms with van der Waals surface area (Å²) in [5.41, 5.74) is 0. The number of hydrogen-bond donors (Lipinski definition) is 0. The Hall–Kier alpha value is -1.15. The molecule has 2 aliphatic rings. The van der Waals surface area contributed by atoms with Crippen LogP contribution in [0, 0.1) is 11.8 Å².